The molecule has 0 aromatic heterocycles. The molecular formula is C22H32O8. The SMILES string of the molecule is COC1C(O)C(O)C2OC1(O)CCC(=O)OC(c1ccccc1)C(O)C(C)CC2C. The second-order valence-electron chi connectivity index (χ2n) is 8.57. The summed E-state index contributed by atoms with van der Waals surface area (Å²) in [5, 5.41) is 43.2. The van der Waals surface area contributed by atoms with Crippen molar-refractivity contribution in [2.24, 2.45) is 11.8 Å². The van der Waals surface area contributed by atoms with Crippen molar-refractivity contribution in [1.82, 2.24) is 0 Å². The van der Waals surface area contributed by atoms with Gasteiger partial charge >= 0.3 is 5.97 Å². The van der Waals surface area contributed by atoms with Gasteiger partial charge in [0, 0.05) is 13.5 Å². The van der Waals surface area contributed by atoms with E-state index in [1.54, 1.807) is 24.3 Å². The van der Waals surface area contributed by atoms with Gasteiger partial charge < -0.3 is 34.6 Å². The van der Waals surface area contributed by atoms with Crippen molar-refractivity contribution >= 4 is 5.97 Å². The topological polar surface area (TPSA) is 126 Å². The smallest absolute Gasteiger partial charge is 0.306 e. The van der Waals surface area contributed by atoms with Crippen LogP contribution in [0, 0.1) is 11.8 Å². The first-order valence-corrected chi connectivity index (χ1v) is 10.4. The Morgan fingerprint density at radius 3 is 2.33 bits per heavy atom. The molecular weight excluding hydrogens is 392 g/mol. The second-order valence-corrected chi connectivity index (χ2v) is 8.57. The molecule has 9 unspecified atom stereocenters. The van der Waals surface area contributed by atoms with Crippen molar-refractivity contribution in [3.8, 4) is 0 Å². The fourth-order valence-electron chi connectivity index (χ4n) is 4.61. The largest absolute Gasteiger partial charge is 0.455 e. The maximum Gasteiger partial charge on any atom is 0.306 e. The molecule has 2 saturated heterocycles. The molecule has 0 radical (unpaired) electrons. The molecule has 2 bridgehead atoms. The monoisotopic (exact) mass is 424 g/mol. The standard InChI is InChI=1S/C22H32O8/c1-12-11-13(2)19-17(25)18(26)21(28-3)22(27,30-19)10-9-15(23)29-20(16(12)24)14-7-5-4-6-8-14/h4-8,12-13,16-21,24-27H,9-11H2,1-3H3. The number of rotatable bonds is 2. The van der Waals surface area contributed by atoms with Gasteiger partial charge in [0.25, 0.3) is 0 Å². The first kappa shape index (κ1) is 23.1. The quantitative estimate of drug-likeness (QED) is 0.516. The van der Waals surface area contributed by atoms with E-state index in [4.69, 9.17) is 14.2 Å². The number of fused-ring (bicyclic) bond motifs is 2. The highest BCUT2D eigenvalue weighted by atomic mass is 16.7. The van der Waals surface area contributed by atoms with E-state index in [1.807, 2.05) is 19.9 Å². The molecule has 1 aromatic rings. The molecule has 1 aromatic carbocycles. The molecule has 2 aliphatic heterocycles. The van der Waals surface area contributed by atoms with Crippen LogP contribution in [-0.4, -0.2) is 69.8 Å². The highest BCUT2D eigenvalue weighted by Gasteiger charge is 2.55. The summed E-state index contributed by atoms with van der Waals surface area (Å²) >= 11 is 0. The van der Waals surface area contributed by atoms with Crippen LogP contribution < -0.4 is 0 Å². The normalized spacial score (nSPS) is 43.2. The Morgan fingerprint density at radius 2 is 1.70 bits per heavy atom. The molecule has 30 heavy (non-hydrogen) atoms. The first-order chi connectivity index (χ1) is 14.2. The lowest BCUT2D eigenvalue weighted by Gasteiger charge is -2.49. The van der Waals surface area contributed by atoms with E-state index in [1.165, 1.54) is 7.11 Å². The van der Waals surface area contributed by atoms with E-state index >= 15 is 0 Å². The van der Waals surface area contributed by atoms with Gasteiger partial charge in [-0.1, -0.05) is 44.2 Å². The van der Waals surface area contributed by atoms with Gasteiger partial charge in [-0.15, -0.1) is 0 Å². The first-order valence-electron chi connectivity index (χ1n) is 10.4. The van der Waals surface area contributed by atoms with E-state index in [-0.39, 0.29) is 24.7 Å². The van der Waals surface area contributed by atoms with Gasteiger partial charge in [-0.05, 0) is 23.8 Å². The van der Waals surface area contributed by atoms with Crippen molar-refractivity contribution < 1.29 is 39.4 Å². The molecule has 8 nitrogen and oxygen atoms in total. The summed E-state index contributed by atoms with van der Waals surface area (Å²) in [4.78, 5) is 12.6. The van der Waals surface area contributed by atoms with Crippen LogP contribution in [-0.2, 0) is 19.0 Å². The van der Waals surface area contributed by atoms with Crippen LogP contribution in [0.1, 0.15) is 44.8 Å². The summed E-state index contributed by atoms with van der Waals surface area (Å²) in [7, 11) is 1.30. The fourth-order valence-corrected chi connectivity index (χ4v) is 4.61. The Morgan fingerprint density at radius 1 is 1.03 bits per heavy atom. The summed E-state index contributed by atoms with van der Waals surface area (Å²) in [6, 6.07) is 9.03. The number of aliphatic hydroxyl groups is 4. The van der Waals surface area contributed by atoms with E-state index in [9.17, 15) is 25.2 Å². The molecule has 0 aliphatic carbocycles. The molecule has 9 atom stereocenters. The minimum atomic E-state index is -1.96. The van der Waals surface area contributed by atoms with Gasteiger partial charge in [0.1, 0.15) is 18.3 Å². The third-order valence-corrected chi connectivity index (χ3v) is 6.31. The molecule has 2 fully saturated rings. The Balaban J connectivity index is 1.94. The van der Waals surface area contributed by atoms with Crippen LogP contribution in [0.5, 0.6) is 0 Å². The van der Waals surface area contributed by atoms with Gasteiger partial charge in [-0.3, -0.25) is 4.79 Å². The van der Waals surface area contributed by atoms with E-state index in [0.717, 1.165) is 0 Å². The fraction of sp³-hybridized carbons (Fsp3) is 0.682. The number of methoxy groups -OCH3 is 1. The van der Waals surface area contributed by atoms with Crippen LogP contribution >= 0.6 is 0 Å². The number of ether oxygens (including phenoxy) is 3. The maximum absolute atomic E-state index is 12.6. The number of carbonyl (C=O) groups excluding carboxylic acids is 1. The molecule has 2 heterocycles. The van der Waals surface area contributed by atoms with Gasteiger partial charge in [-0.2, -0.15) is 0 Å². The summed E-state index contributed by atoms with van der Waals surface area (Å²) < 4.78 is 16.6. The molecule has 8 heteroatoms. The number of hydrogen-bond donors (Lipinski definition) is 4. The Labute approximate surface area is 176 Å². The molecule has 0 amide bonds. The Hall–Kier alpha value is -1.55. The van der Waals surface area contributed by atoms with Crippen molar-refractivity contribution in [1.29, 1.82) is 0 Å². The van der Waals surface area contributed by atoms with Crippen LogP contribution in [0.25, 0.3) is 0 Å². The summed E-state index contributed by atoms with van der Waals surface area (Å²) in [5.74, 6) is -3.21. The summed E-state index contributed by atoms with van der Waals surface area (Å²) in [5.41, 5.74) is 0.676. The molecule has 2 aliphatic rings. The lowest BCUT2D eigenvalue weighted by atomic mass is 9.80. The second kappa shape index (κ2) is 9.30. The van der Waals surface area contributed by atoms with Crippen LogP contribution in [0.4, 0.5) is 0 Å². The number of carbonyl (C=O) groups is 1. The molecule has 0 spiro atoms. The zero-order valence-electron chi connectivity index (χ0n) is 17.5. The number of aliphatic hydroxyl groups excluding tert-OH is 3. The number of esters is 1. The lowest BCUT2D eigenvalue weighted by molar-refractivity contribution is -0.359. The zero-order valence-corrected chi connectivity index (χ0v) is 17.5. The Bertz CT molecular complexity index is 712. The van der Waals surface area contributed by atoms with Crippen LogP contribution in [0.3, 0.4) is 0 Å². The average molecular weight is 424 g/mol. The van der Waals surface area contributed by atoms with Crippen molar-refractivity contribution in [3.63, 3.8) is 0 Å². The predicted octanol–water partition coefficient (Wildman–Crippen LogP) is 0.912. The molecule has 4 N–H and O–H groups in total. The minimum absolute atomic E-state index is 0.190. The number of benzene rings is 1. The van der Waals surface area contributed by atoms with Gasteiger partial charge in [0.2, 0.25) is 0 Å². The van der Waals surface area contributed by atoms with E-state index in [0.29, 0.717) is 12.0 Å². The number of hydrogen-bond acceptors (Lipinski definition) is 8. The third kappa shape index (κ3) is 4.54. The van der Waals surface area contributed by atoms with E-state index < -0.39 is 48.4 Å². The Kier molecular flexibility index (Phi) is 7.16. The van der Waals surface area contributed by atoms with Crippen molar-refractivity contribution in [3.05, 3.63) is 35.9 Å². The molecule has 0 saturated carbocycles. The van der Waals surface area contributed by atoms with Gasteiger partial charge in [0.05, 0.1) is 18.6 Å². The molecule has 3 rings (SSSR count). The summed E-state index contributed by atoms with van der Waals surface area (Å²) in [6.45, 7) is 3.65. The van der Waals surface area contributed by atoms with Gasteiger partial charge in [0.15, 0.2) is 11.9 Å². The van der Waals surface area contributed by atoms with Crippen molar-refractivity contribution in [2.75, 3.05) is 7.11 Å². The van der Waals surface area contributed by atoms with Crippen LogP contribution in [0.15, 0.2) is 30.3 Å². The van der Waals surface area contributed by atoms with Gasteiger partial charge in [-0.25, -0.2) is 0 Å². The average Bonchev–Trinajstić information content (AvgIpc) is 2.73. The highest BCUT2D eigenvalue weighted by molar-refractivity contribution is 5.70. The predicted molar refractivity (Wildman–Crippen MR) is 106 cm³/mol. The highest BCUT2D eigenvalue weighted by Crippen LogP contribution is 2.39. The lowest BCUT2D eigenvalue weighted by Crippen LogP contribution is -2.66. The van der Waals surface area contributed by atoms with E-state index in [2.05, 4.69) is 0 Å². The summed E-state index contributed by atoms with van der Waals surface area (Å²) in [6.07, 6.45) is -6.62. The third-order valence-electron chi connectivity index (χ3n) is 6.31. The maximum atomic E-state index is 12.6. The number of cyclic esters (lactones) is 1. The minimum Gasteiger partial charge on any atom is -0.455 e. The van der Waals surface area contributed by atoms with Crippen LogP contribution in [0.2, 0.25) is 0 Å². The zero-order chi connectivity index (χ0) is 22.1. The van der Waals surface area contributed by atoms with Crippen molar-refractivity contribution in [2.45, 2.75) is 75.5 Å². The molecule has 168 valence electrons.